The lowest BCUT2D eigenvalue weighted by Crippen LogP contribution is -2.34. The molecule has 26 heavy (non-hydrogen) atoms. The van der Waals surface area contributed by atoms with Crippen molar-refractivity contribution in [1.82, 2.24) is 19.7 Å². The zero-order chi connectivity index (χ0) is 18.4. The second-order valence-corrected chi connectivity index (χ2v) is 6.88. The second kappa shape index (κ2) is 8.53. The summed E-state index contributed by atoms with van der Waals surface area (Å²) in [7, 11) is 1.85. The number of hydrogen-bond donors (Lipinski definition) is 1. The lowest BCUT2D eigenvalue weighted by atomic mass is 10.1. The highest BCUT2D eigenvalue weighted by Gasteiger charge is 2.12. The van der Waals surface area contributed by atoms with Crippen LogP contribution in [0.2, 0.25) is 0 Å². The Kier molecular flexibility index (Phi) is 5.91. The number of nitrogens with zero attached hydrogens (tertiary/aromatic N) is 4. The molecule has 0 saturated heterocycles. The van der Waals surface area contributed by atoms with Crippen LogP contribution in [0.15, 0.2) is 48.8 Å². The summed E-state index contributed by atoms with van der Waals surface area (Å²) >= 11 is 1.31. The van der Waals surface area contributed by atoms with E-state index in [1.165, 1.54) is 22.7 Å². The third kappa shape index (κ3) is 5.10. The fourth-order valence-electron chi connectivity index (χ4n) is 2.40. The van der Waals surface area contributed by atoms with Crippen LogP contribution in [0, 0.1) is 6.92 Å². The van der Waals surface area contributed by atoms with Crippen LogP contribution in [-0.2, 0) is 17.8 Å². The molecule has 0 fully saturated rings. The van der Waals surface area contributed by atoms with E-state index < -0.39 is 0 Å². The first-order chi connectivity index (χ1) is 12.6. The Morgan fingerprint density at radius 1 is 1.19 bits per heavy atom. The number of benzene rings is 1. The molecule has 6 nitrogen and oxygen atoms in total. The minimum Gasteiger partial charge on any atom is -0.350 e. The SMILES string of the molecule is Cc1ccc(Cc2nsc(N(C)CC(=O)NCc3cccnc3)n2)cc1. The van der Waals surface area contributed by atoms with Crippen LogP contribution >= 0.6 is 11.5 Å². The molecule has 2 heterocycles. The Morgan fingerprint density at radius 3 is 2.73 bits per heavy atom. The molecule has 0 aliphatic carbocycles. The molecule has 1 aromatic carbocycles. The molecular formula is C19H21N5OS. The normalized spacial score (nSPS) is 10.5. The van der Waals surface area contributed by atoms with E-state index in [1.807, 2.05) is 24.1 Å². The zero-order valence-electron chi connectivity index (χ0n) is 14.8. The monoisotopic (exact) mass is 367 g/mol. The molecule has 0 radical (unpaired) electrons. The first-order valence-corrected chi connectivity index (χ1v) is 9.12. The largest absolute Gasteiger partial charge is 0.350 e. The van der Waals surface area contributed by atoms with Gasteiger partial charge < -0.3 is 10.2 Å². The standard InChI is InChI=1S/C19H21N5OS/c1-14-5-7-15(8-6-14)10-17-22-19(26-23-17)24(2)13-18(25)21-12-16-4-3-9-20-11-16/h3-9,11H,10,12-13H2,1-2H3,(H,21,25). The Morgan fingerprint density at radius 2 is 2.00 bits per heavy atom. The number of rotatable bonds is 7. The van der Waals surface area contributed by atoms with Gasteiger partial charge in [0.25, 0.3) is 0 Å². The Labute approximate surface area is 157 Å². The maximum absolute atomic E-state index is 12.1. The van der Waals surface area contributed by atoms with E-state index in [4.69, 9.17) is 0 Å². The summed E-state index contributed by atoms with van der Waals surface area (Å²) in [5.74, 6) is 0.711. The van der Waals surface area contributed by atoms with Crippen molar-refractivity contribution in [3.8, 4) is 0 Å². The van der Waals surface area contributed by atoms with Crippen molar-refractivity contribution >= 4 is 22.6 Å². The van der Waals surface area contributed by atoms with Crippen molar-refractivity contribution in [3.63, 3.8) is 0 Å². The van der Waals surface area contributed by atoms with Crippen LogP contribution in [0.1, 0.15) is 22.5 Å². The van der Waals surface area contributed by atoms with Gasteiger partial charge >= 0.3 is 0 Å². The lowest BCUT2D eigenvalue weighted by molar-refractivity contribution is -0.119. The van der Waals surface area contributed by atoms with Crippen molar-refractivity contribution in [2.45, 2.75) is 19.9 Å². The lowest BCUT2D eigenvalue weighted by Gasteiger charge is -2.14. The molecule has 0 aliphatic heterocycles. The molecule has 134 valence electrons. The highest BCUT2D eigenvalue weighted by Crippen LogP contribution is 2.17. The number of carbonyl (C=O) groups excluding carboxylic acids is 1. The molecule has 0 bridgehead atoms. The van der Waals surface area contributed by atoms with E-state index in [2.05, 4.69) is 50.8 Å². The van der Waals surface area contributed by atoms with Crippen LogP contribution < -0.4 is 10.2 Å². The van der Waals surface area contributed by atoms with Crippen LogP contribution in [0.25, 0.3) is 0 Å². The summed E-state index contributed by atoms with van der Waals surface area (Å²) < 4.78 is 4.40. The summed E-state index contributed by atoms with van der Waals surface area (Å²) in [6, 6.07) is 12.1. The molecule has 7 heteroatoms. The fraction of sp³-hybridized carbons (Fsp3) is 0.263. The third-order valence-corrected chi connectivity index (χ3v) is 4.73. The van der Waals surface area contributed by atoms with Gasteiger partial charge in [-0.25, -0.2) is 4.98 Å². The van der Waals surface area contributed by atoms with Crippen LogP contribution in [0.5, 0.6) is 0 Å². The molecule has 0 atom stereocenters. The zero-order valence-corrected chi connectivity index (χ0v) is 15.7. The number of hydrogen-bond acceptors (Lipinski definition) is 6. The van der Waals surface area contributed by atoms with Gasteiger partial charge in [0.15, 0.2) is 0 Å². The fourth-order valence-corrected chi connectivity index (χ4v) is 3.04. The van der Waals surface area contributed by atoms with Crippen molar-refractivity contribution in [3.05, 3.63) is 71.3 Å². The Bertz CT molecular complexity index is 848. The average molecular weight is 367 g/mol. The number of carbonyl (C=O) groups is 1. The van der Waals surface area contributed by atoms with Crippen LogP contribution in [0.3, 0.4) is 0 Å². The minimum absolute atomic E-state index is 0.0633. The predicted molar refractivity (Wildman–Crippen MR) is 103 cm³/mol. The number of pyridine rings is 1. The summed E-state index contributed by atoms with van der Waals surface area (Å²) in [5.41, 5.74) is 3.38. The van der Waals surface area contributed by atoms with Crippen LogP contribution in [0.4, 0.5) is 5.13 Å². The van der Waals surface area contributed by atoms with E-state index in [0.717, 1.165) is 16.5 Å². The summed E-state index contributed by atoms with van der Waals surface area (Å²) in [4.78, 5) is 22.5. The highest BCUT2D eigenvalue weighted by atomic mass is 32.1. The second-order valence-electron chi connectivity index (χ2n) is 6.15. The highest BCUT2D eigenvalue weighted by molar-refractivity contribution is 7.09. The number of anilines is 1. The van der Waals surface area contributed by atoms with Gasteiger partial charge in [-0.1, -0.05) is 35.9 Å². The van der Waals surface area contributed by atoms with Gasteiger partial charge in [0, 0.05) is 43.9 Å². The molecule has 0 unspecified atom stereocenters. The molecule has 0 aliphatic rings. The van der Waals surface area contributed by atoms with Gasteiger partial charge in [0.05, 0.1) is 6.54 Å². The number of aromatic nitrogens is 3. The minimum atomic E-state index is -0.0633. The van der Waals surface area contributed by atoms with Crippen LogP contribution in [-0.4, -0.2) is 33.8 Å². The van der Waals surface area contributed by atoms with E-state index in [1.54, 1.807) is 12.4 Å². The maximum atomic E-state index is 12.1. The number of nitrogens with one attached hydrogen (secondary N) is 1. The van der Waals surface area contributed by atoms with Crippen molar-refractivity contribution in [2.24, 2.45) is 0 Å². The van der Waals surface area contributed by atoms with Gasteiger partial charge in [0.2, 0.25) is 11.0 Å². The molecule has 1 amide bonds. The molecule has 1 N–H and O–H groups in total. The molecule has 2 aromatic heterocycles. The van der Waals surface area contributed by atoms with Gasteiger partial charge in [-0.15, -0.1) is 0 Å². The van der Waals surface area contributed by atoms with E-state index in [-0.39, 0.29) is 12.5 Å². The Balaban J connectivity index is 1.51. The molecular weight excluding hydrogens is 346 g/mol. The van der Waals surface area contributed by atoms with Crippen molar-refractivity contribution in [2.75, 3.05) is 18.5 Å². The quantitative estimate of drug-likeness (QED) is 0.695. The summed E-state index contributed by atoms with van der Waals surface area (Å²) in [5, 5.41) is 3.63. The number of likely N-dealkylation sites (N-methyl/N-ethyl adjacent to an activating group) is 1. The van der Waals surface area contributed by atoms with Gasteiger partial charge in [-0.05, 0) is 24.1 Å². The summed E-state index contributed by atoms with van der Waals surface area (Å²) in [6.07, 6.45) is 4.15. The topological polar surface area (TPSA) is 71.0 Å². The van der Waals surface area contributed by atoms with Gasteiger partial charge in [-0.2, -0.15) is 4.37 Å². The smallest absolute Gasteiger partial charge is 0.239 e. The molecule has 3 aromatic rings. The van der Waals surface area contributed by atoms with E-state index in [0.29, 0.717) is 13.0 Å². The van der Waals surface area contributed by atoms with Crippen molar-refractivity contribution in [1.29, 1.82) is 0 Å². The van der Waals surface area contributed by atoms with Gasteiger partial charge in [0.1, 0.15) is 5.82 Å². The number of amides is 1. The van der Waals surface area contributed by atoms with E-state index >= 15 is 0 Å². The Hall–Kier alpha value is -2.80. The van der Waals surface area contributed by atoms with Crippen molar-refractivity contribution < 1.29 is 4.79 Å². The van der Waals surface area contributed by atoms with E-state index in [9.17, 15) is 4.79 Å². The number of aryl methyl sites for hydroxylation is 1. The molecule has 0 saturated carbocycles. The molecule has 3 rings (SSSR count). The average Bonchev–Trinajstić information content (AvgIpc) is 3.11. The molecule has 0 spiro atoms. The predicted octanol–water partition coefficient (Wildman–Crippen LogP) is 2.58. The third-order valence-electron chi connectivity index (χ3n) is 3.86. The van der Waals surface area contributed by atoms with Gasteiger partial charge in [-0.3, -0.25) is 9.78 Å². The maximum Gasteiger partial charge on any atom is 0.239 e. The summed E-state index contributed by atoms with van der Waals surface area (Å²) in [6.45, 7) is 2.77. The first-order valence-electron chi connectivity index (χ1n) is 8.35. The first kappa shape index (κ1) is 18.0.